The van der Waals surface area contributed by atoms with Gasteiger partial charge in [-0.3, -0.25) is 13.9 Å². The van der Waals surface area contributed by atoms with Gasteiger partial charge in [0.2, 0.25) is 5.91 Å². The fourth-order valence-electron chi connectivity index (χ4n) is 2.68. The highest BCUT2D eigenvalue weighted by molar-refractivity contribution is 5.77. The summed E-state index contributed by atoms with van der Waals surface area (Å²) in [4.78, 5) is 24.4. The number of nitrogens with zero attached hydrogens (tertiary/aromatic N) is 2. The normalized spacial score (nSPS) is 11.8. The average molecular weight is 373 g/mol. The Balaban J connectivity index is 1.90. The predicted molar refractivity (Wildman–Crippen MR) is 91.0 cm³/mol. The molecule has 0 saturated carbocycles. The van der Waals surface area contributed by atoms with Crippen LogP contribution in [0.25, 0.3) is 11.0 Å². The summed E-state index contributed by atoms with van der Waals surface area (Å²) >= 11 is 0. The molecule has 0 aliphatic carbocycles. The molecule has 2 rings (SSSR count). The lowest BCUT2D eigenvalue weighted by molar-refractivity contribution is -0.173. The number of hydrogen-bond donors (Lipinski definition) is 1. The number of rotatable bonds is 9. The molecule has 0 fully saturated rings. The van der Waals surface area contributed by atoms with Crippen LogP contribution in [0.1, 0.15) is 19.8 Å². The van der Waals surface area contributed by atoms with Gasteiger partial charge in [-0.2, -0.15) is 13.2 Å². The van der Waals surface area contributed by atoms with Crippen LogP contribution in [0.5, 0.6) is 0 Å². The molecule has 0 aliphatic heterocycles. The van der Waals surface area contributed by atoms with Gasteiger partial charge >= 0.3 is 11.9 Å². The van der Waals surface area contributed by atoms with Crippen molar-refractivity contribution in [3.05, 3.63) is 34.7 Å². The summed E-state index contributed by atoms with van der Waals surface area (Å²) in [6, 6.07) is 7.37. The number of nitrogens with one attached hydrogen (secondary N) is 1. The van der Waals surface area contributed by atoms with Crippen LogP contribution >= 0.6 is 0 Å². The van der Waals surface area contributed by atoms with Crippen LogP contribution in [0.2, 0.25) is 0 Å². The second kappa shape index (κ2) is 8.88. The number of hydrogen-bond acceptors (Lipinski definition) is 3. The van der Waals surface area contributed by atoms with Gasteiger partial charge in [-0.1, -0.05) is 19.1 Å². The van der Waals surface area contributed by atoms with Crippen molar-refractivity contribution in [3.8, 4) is 0 Å². The molecular weight excluding hydrogens is 351 g/mol. The molecule has 0 bridgehead atoms. The number of para-hydroxylation sites is 2. The van der Waals surface area contributed by atoms with E-state index in [-0.39, 0.29) is 37.7 Å². The van der Waals surface area contributed by atoms with Gasteiger partial charge in [0, 0.05) is 26.1 Å². The van der Waals surface area contributed by atoms with Gasteiger partial charge in [0.25, 0.3) is 0 Å². The van der Waals surface area contributed by atoms with E-state index in [0.717, 1.165) is 17.5 Å². The van der Waals surface area contributed by atoms with Crippen molar-refractivity contribution in [2.75, 3.05) is 19.8 Å². The number of amides is 1. The minimum absolute atomic E-state index is 0.0125. The van der Waals surface area contributed by atoms with Crippen LogP contribution < -0.4 is 11.0 Å². The van der Waals surface area contributed by atoms with Crippen molar-refractivity contribution in [2.24, 2.45) is 0 Å². The maximum atomic E-state index is 12.6. The quantitative estimate of drug-likeness (QED) is 0.686. The molecule has 1 N–H and O–H groups in total. The van der Waals surface area contributed by atoms with Crippen molar-refractivity contribution in [3.63, 3.8) is 0 Å². The van der Waals surface area contributed by atoms with Gasteiger partial charge in [0.1, 0.15) is 6.61 Å². The molecule has 144 valence electrons. The lowest BCUT2D eigenvalue weighted by atomic mass is 10.3. The van der Waals surface area contributed by atoms with Crippen molar-refractivity contribution >= 4 is 16.9 Å². The van der Waals surface area contributed by atoms with Gasteiger partial charge in [0.15, 0.2) is 0 Å². The van der Waals surface area contributed by atoms with E-state index in [1.807, 2.05) is 31.2 Å². The monoisotopic (exact) mass is 373 g/mol. The van der Waals surface area contributed by atoms with Gasteiger partial charge in [-0.25, -0.2) is 4.79 Å². The number of imidazole rings is 1. The number of alkyl halides is 3. The number of aromatic nitrogens is 2. The number of halogens is 3. The van der Waals surface area contributed by atoms with Crippen molar-refractivity contribution < 1.29 is 22.7 Å². The Kier molecular flexibility index (Phi) is 6.84. The van der Waals surface area contributed by atoms with E-state index in [1.165, 1.54) is 0 Å². The second-order valence-corrected chi connectivity index (χ2v) is 5.84. The van der Waals surface area contributed by atoms with Crippen molar-refractivity contribution in [1.82, 2.24) is 14.5 Å². The third-order valence-electron chi connectivity index (χ3n) is 3.77. The summed E-state index contributed by atoms with van der Waals surface area (Å²) < 4.78 is 43.4. The molecule has 0 atom stereocenters. The summed E-state index contributed by atoms with van der Waals surface area (Å²) in [5, 5.41) is 2.49. The Bertz CT molecular complexity index is 796. The van der Waals surface area contributed by atoms with E-state index in [0.29, 0.717) is 6.54 Å². The fraction of sp³-hybridized carbons (Fsp3) is 0.529. The van der Waals surface area contributed by atoms with Crippen molar-refractivity contribution in [2.45, 2.75) is 39.0 Å². The minimum atomic E-state index is -4.38. The van der Waals surface area contributed by atoms with Crippen LogP contribution in [0.15, 0.2) is 29.1 Å². The zero-order valence-electron chi connectivity index (χ0n) is 14.5. The smallest absolute Gasteiger partial charge is 0.370 e. The number of benzene rings is 1. The second-order valence-electron chi connectivity index (χ2n) is 5.84. The summed E-state index contributed by atoms with van der Waals surface area (Å²) in [6.45, 7) is 1.20. The number of fused-ring (bicyclic) bond motifs is 1. The Morgan fingerprint density at radius 2 is 1.77 bits per heavy atom. The molecule has 1 aromatic heterocycles. The highest BCUT2D eigenvalue weighted by atomic mass is 19.4. The Morgan fingerprint density at radius 1 is 1.15 bits per heavy atom. The van der Waals surface area contributed by atoms with Gasteiger partial charge in [-0.15, -0.1) is 0 Å². The van der Waals surface area contributed by atoms with Gasteiger partial charge in [-0.05, 0) is 18.6 Å². The SMILES string of the molecule is CCCn1c(=O)n(CCC(=O)NCCOCC(F)(F)F)c2ccccc21. The minimum Gasteiger partial charge on any atom is -0.370 e. The van der Waals surface area contributed by atoms with Gasteiger partial charge < -0.3 is 10.1 Å². The van der Waals surface area contributed by atoms with Gasteiger partial charge in [0.05, 0.1) is 17.6 Å². The summed E-state index contributed by atoms with van der Waals surface area (Å²) in [7, 11) is 0. The molecule has 1 amide bonds. The molecule has 0 radical (unpaired) electrons. The Hall–Kier alpha value is -2.29. The standard InChI is InChI=1S/C17H22F3N3O3/c1-2-9-22-13-5-3-4-6-14(13)23(16(22)25)10-7-15(24)21-8-11-26-12-17(18,19)20/h3-6H,2,7-12H2,1H3,(H,21,24). The van der Waals surface area contributed by atoms with Crippen LogP contribution in [-0.2, 0) is 22.6 Å². The molecule has 9 heteroatoms. The lowest BCUT2D eigenvalue weighted by Gasteiger charge is -2.09. The molecule has 0 spiro atoms. The maximum absolute atomic E-state index is 12.6. The summed E-state index contributed by atoms with van der Waals surface area (Å²) in [5.74, 6) is -0.347. The highest BCUT2D eigenvalue weighted by Crippen LogP contribution is 2.14. The largest absolute Gasteiger partial charge is 0.411 e. The lowest BCUT2D eigenvalue weighted by Crippen LogP contribution is -2.31. The van der Waals surface area contributed by atoms with Crippen LogP contribution in [0.4, 0.5) is 13.2 Å². The van der Waals surface area contributed by atoms with Crippen molar-refractivity contribution in [1.29, 1.82) is 0 Å². The molecular formula is C17H22F3N3O3. The molecule has 0 unspecified atom stereocenters. The first kappa shape index (κ1) is 20.0. The average Bonchev–Trinajstić information content (AvgIpc) is 2.84. The Labute approximate surface area is 148 Å². The summed E-state index contributed by atoms with van der Waals surface area (Å²) in [5.41, 5.74) is 1.40. The van der Waals surface area contributed by atoms with Crippen LogP contribution in [0, 0.1) is 0 Å². The molecule has 6 nitrogen and oxygen atoms in total. The molecule has 0 saturated heterocycles. The van der Waals surface area contributed by atoms with E-state index in [9.17, 15) is 22.8 Å². The summed E-state index contributed by atoms with van der Waals surface area (Å²) in [6.07, 6.45) is -3.51. The van der Waals surface area contributed by atoms with E-state index in [1.54, 1.807) is 9.13 Å². The van der Waals surface area contributed by atoms with E-state index in [4.69, 9.17) is 0 Å². The number of aryl methyl sites for hydroxylation is 2. The first-order valence-electron chi connectivity index (χ1n) is 8.42. The predicted octanol–water partition coefficient (Wildman–Crippen LogP) is 2.30. The third-order valence-corrected chi connectivity index (χ3v) is 3.77. The zero-order valence-corrected chi connectivity index (χ0v) is 14.5. The molecule has 26 heavy (non-hydrogen) atoms. The number of carbonyl (C=O) groups excluding carboxylic acids is 1. The third kappa shape index (κ3) is 5.35. The maximum Gasteiger partial charge on any atom is 0.411 e. The fourth-order valence-corrected chi connectivity index (χ4v) is 2.68. The molecule has 1 aromatic carbocycles. The number of ether oxygens (including phenoxy) is 1. The van der Waals surface area contributed by atoms with E-state index in [2.05, 4.69) is 10.1 Å². The first-order chi connectivity index (χ1) is 12.3. The zero-order chi connectivity index (χ0) is 19.2. The topological polar surface area (TPSA) is 65.3 Å². The van der Waals surface area contributed by atoms with Crippen LogP contribution in [-0.4, -0.2) is 41.0 Å². The Morgan fingerprint density at radius 3 is 2.35 bits per heavy atom. The van der Waals surface area contributed by atoms with Crippen LogP contribution in [0.3, 0.4) is 0 Å². The highest BCUT2D eigenvalue weighted by Gasteiger charge is 2.27. The molecule has 0 aliphatic rings. The van der Waals surface area contributed by atoms with E-state index < -0.39 is 12.8 Å². The number of carbonyl (C=O) groups is 1. The molecule has 2 aromatic rings. The van der Waals surface area contributed by atoms with E-state index >= 15 is 0 Å². The molecule has 1 heterocycles. The first-order valence-corrected chi connectivity index (χ1v) is 8.42.